The fourth-order valence-electron chi connectivity index (χ4n) is 3.90. The molecule has 0 aromatic heterocycles. The Hall–Kier alpha value is -0.460. The molecule has 2 saturated heterocycles. The lowest BCUT2D eigenvalue weighted by Crippen LogP contribution is -2.43. The zero-order valence-electron chi connectivity index (χ0n) is 12.7. The molecule has 3 rings (SSSR count). The number of aliphatic imine (C=N–C) groups is 1. The highest BCUT2D eigenvalue weighted by Crippen LogP contribution is 2.48. The summed E-state index contributed by atoms with van der Waals surface area (Å²) in [6.07, 6.45) is 3.92. The highest BCUT2D eigenvalue weighted by Gasteiger charge is 2.47. The van der Waals surface area contributed by atoms with Gasteiger partial charge in [0.05, 0.1) is 6.10 Å². The molecule has 2 aliphatic heterocycles. The van der Waals surface area contributed by atoms with Crippen LogP contribution in [0.3, 0.4) is 0 Å². The lowest BCUT2D eigenvalue weighted by Gasteiger charge is -2.37. The van der Waals surface area contributed by atoms with Gasteiger partial charge in [-0.3, -0.25) is 4.99 Å². The minimum absolute atomic E-state index is 0.0922. The minimum atomic E-state index is -0.241. The molecule has 2 unspecified atom stereocenters. The topological polar surface area (TPSA) is 71.1 Å². The van der Waals surface area contributed by atoms with Crippen LogP contribution < -0.4 is 5.73 Å². The number of ether oxygens (including phenoxy) is 1. The summed E-state index contributed by atoms with van der Waals surface area (Å²) >= 11 is 1.97. The lowest BCUT2D eigenvalue weighted by atomic mass is 9.76. The molecule has 1 aliphatic carbocycles. The van der Waals surface area contributed by atoms with Gasteiger partial charge in [0.1, 0.15) is 0 Å². The first-order valence-electron chi connectivity index (χ1n) is 8.10. The first kappa shape index (κ1) is 15.4. The molecule has 0 bridgehead atoms. The number of nitrogens with zero attached hydrogens (tertiary/aromatic N) is 2. The van der Waals surface area contributed by atoms with Gasteiger partial charge in [0.2, 0.25) is 0 Å². The second kappa shape index (κ2) is 6.75. The summed E-state index contributed by atoms with van der Waals surface area (Å²) in [5, 5.41) is 10.7. The van der Waals surface area contributed by atoms with E-state index >= 15 is 0 Å². The first-order valence-corrected chi connectivity index (χ1v) is 9.25. The maximum absolute atomic E-state index is 10.7. The molecule has 3 fully saturated rings. The first-order chi connectivity index (χ1) is 10.2. The predicted molar refractivity (Wildman–Crippen MR) is 86.6 cm³/mol. The van der Waals surface area contributed by atoms with Crippen LogP contribution in [-0.2, 0) is 4.74 Å². The molecule has 1 saturated carbocycles. The fourth-order valence-corrected chi connectivity index (χ4v) is 4.80. The Kier molecular flexibility index (Phi) is 4.96. The quantitative estimate of drug-likeness (QED) is 0.586. The van der Waals surface area contributed by atoms with Crippen LogP contribution in [0.1, 0.15) is 25.7 Å². The molecule has 120 valence electrons. The van der Waals surface area contributed by atoms with Crippen LogP contribution in [0.4, 0.5) is 0 Å². The van der Waals surface area contributed by atoms with Crippen molar-refractivity contribution in [1.29, 1.82) is 0 Å². The molecule has 0 aromatic carbocycles. The van der Waals surface area contributed by atoms with Gasteiger partial charge in [-0.2, -0.15) is 11.8 Å². The number of rotatable bonds is 2. The zero-order chi connectivity index (χ0) is 14.7. The molecular formula is C15H27N3O2S. The van der Waals surface area contributed by atoms with E-state index in [0.29, 0.717) is 12.5 Å². The van der Waals surface area contributed by atoms with E-state index in [2.05, 4.69) is 9.89 Å². The van der Waals surface area contributed by atoms with Gasteiger partial charge in [-0.15, -0.1) is 0 Å². The van der Waals surface area contributed by atoms with Crippen molar-refractivity contribution < 1.29 is 9.84 Å². The summed E-state index contributed by atoms with van der Waals surface area (Å²) in [4.78, 5) is 6.75. The van der Waals surface area contributed by atoms with Gasteiger partial charge in [0.15, 0.2) is 5.96 Å². The minimum Gasteiger partial charge on any atom is -0.392 e. The van der Waals surface area contributed by atoms with Crippen LogP contribution in [0, 0.1) is 11.3 Å². The van der Waals surface area contributed by atoms with E-state index in [1.807, 2.05) is 11.8 Å². The second-order valence-corrected chi connectivity index (χ2v) is 7.74. The largest absolute Gasteiger partial charge is 0.392 e. The van der Waals surface area contributed by atoms with E-state index in [1.54, 1.807) is 0 Å². The number of guanidine groups is 1. The number of thioether (sulfide) groups is 1. The van der Waals surface area contributed by atoms with E-state index in [0.717, 1.165) is 63.5 Å². The molecule has 0 aromatic rings. The normalized spacial score (nSPS) is 33.6. The van der Waals surface area contributed by atoms with E-state index < -0.39 is 0 Å². The summed E-state index contributed by atoms with van der Waals surface area (Å²) in [6, 6.07) is 0. The molecule has 6 heteroatoms. The monoisotopic (exact) mass is 313 g/mol. The Morgan fingerprint density at radius 2 is 2.00 bits per heavy atom. The summed E-state index contributed by atoms with van der Waals surface area (Å²) < 4.78 is 5.45. The maximum atomic E-state index is 10.7. The van der Waals surface area contributed by atoms with Crippen LogP contribution in [0.25, 0.3) is 0 Å². The van der Waals surface area contributed by atoms with E-state index in [4.69, 9.17) is 10.5 Å². The highest BCUT2D eigenvalue weighted by molar-refractivity contribution is 7.99. The van der Waals surface area contributed by atoms with Crippen molar-refractivity contribution in [1.82, 2.24) is 4.90 Å². The molecule has 1 spiro atoms. The molecule has 3 aliphatic rings. The molecule has 2 heterocycles. The van der Waals surface area contributed by atoms with Crippen molar-refractivity contribution >= 4 is 17.7 Å². The number of aliphatic hydroxyl groups excluding tert-OH is 1. The SMILES string of the molecule is NC(=NCC1CCC2(CCOCC2)C1O)N1CCSCC1. The standard InChI is InChI=1S/C15H27N3O2S/c16-14(18-5-9-21-10-6-18)17-11-12-1-2-15(13(12)19)3-7-20-8-4-15/h12-13,19H,1-11H2,(H2,16,17). The van der Waals surface area contributed by atoms with Gasteiger partial charge < -0.3 is 20.5 Å². The average molecular weight is 313 g/mol. The van der Waals surface area contributed by atoms with Crippen LogP contribution in [-0.4, -0.2) is 66.4 Å². The Morgan fingerprint density at radius 1 is 1.29 bits per heavy atom. The number of hydrogen-bond donors (Lipinski definition) is 2. The van der Waals surface area contributed by atoms with Crippen molar-refractivity contribution in [2.24, 2.45) is 22.1 Å². The molecular weight excluding hydrogens is 286 g/mol. The van der Waals surface area contributed by atoms with Gasteiger partial charge in [0.25, 0.3) is 0 Å². The number of nitrogens with two attached hydrogens (primary N) is 1. The van der Waals surface area contributed by atoms with Gasteiger partial charge in [-0.25, -0.2) is 0 Å². The maximum Gasteiger partial charge on any atom is 0.191 e. The third kappa shape index (κ3) is 3.32. The third-order valence-electron chi connectivity index (χ3n) is 5.40. The number of hydrogen-bond acceptors (Lipinski definition) is 4. The van der Waals surface area contributed by atoms with Crippen molar-refractivity contribution in [3.8, 4) is 0 Å². The Labute approximate surface area is 131 Å². The van der Waals surface area contributed by atoms with Crippen molar-refractivity contribution in [2.45, 2.75) is 31.8 Å². The van der Waals surface area contributed by atoms with E-state index in [9.17, 15) is 5.11 Å². The second-order valence-electron chi connectivity index (χ2n) is 6.52. The molecule has 0 radical (unpaired) electrons. The molecule has 21 heavy (non-hydrogen) atoms. The molecule has 0 amide bonds. The van der Waals surface area contributed by atoms with Gasteiger partial charge in [-0.1, -0.05) is 0 Å². The van der Waals surface area contributed by atoms with Crippen LogP contribution >= 0.6 is 11.8 Å². The van der Waals surface area contributed by atoms with Crippen molar-refractivity contribution in [3.05, 3.63) is 0 Å². The highest BCUT2D eigenvalue weighted by atomic mass is 32.2. The summed E-state index contributed by atoms with van der Waals surface area (Å²) in [5.74, 6) is 3.19. The average Bonchev–Trinajstić information content (AvgIpc) is 2.83. The molecule has 3 N–H and O–H groups in total. The van der Waals surface area contributed by atoms with Gasteiger partial charge >= 0.3 is 0 Å². The molecule has 5 nitrogen and oxygen atoms in total. The van der Waals surface area contributed by atoms with Crippen LogP contribution in [0.15, 0.2) is 4.99 Å². The van der Waals surface area contributed by atoms with Crippen LogP contribution in [0.2, 0.25) is 0 Å². The van der Waals surface area contributed by atoms with Crippen LogP contribution in [0.5, 0.6) is 0 Å². The van der Waals surface area contributed by atoms with Crippen molar-refractivity contribution in [3.63, 3.8) is 0 Å². The predicted octanol–water partition coefficient (Wildman–Crippen LogP) is 0.918. The summed E-state index contributed by atoms with van der Waals surface area (Å²) in [5.41, 5.74) is 6.20. The number of aliphatic hydroxyl groups is 1. The van der Waals surface area contributed by atoms with Crippen molar-refractivity contribution in [2.75, 3.05) is 44.4 Å². The fraction of sp³-hybridized carbons (Fsp3) is 0.933. The smallest absolute Gasteiger partial charge is 0.191 e. The van der Waals surface area contributed by atoms with E-state index in [-0.39, 0.29) is 17.4 Å². The Bertz CT molecular complexity index is 379. The molecule has 2 atom stereocenters. The zero-order valence-corrected chi connectivity index (χ0v) is 13.5. The Morgan fingerprint density at radius 3 is 2.71 bits per heavy atom. The third-order valence-corrected chi connectivity index (χ3v) is 6.34. The summed E-state index contributed by atoms with van der Waals surface area (Å²) in [7, 11) is 0. The lowest BCUT2D eigenvalue weighted by molar-refractivity contribution is -0.0549. The van der Waals surface area contributed by atoms with Gasteiger partial charge in [0, 0.05) is 55.7 Å². The Balaban J connectivity index is 1.55. The van der Waals surface area contributed by atoms with E-state index in [1.165, 1.54) is 0 Å². The summed E-state index contributed by atoms with van der Waals surface area (Å²) in [6.45, 7) is 4.24. The van der Waals surface area contributed by atoms with Gasteiger partial charge in [-0.05, 0) is 25.7 Å².